The van der Waals surface area contributed by atoms with E-state index < -0.39 is 14.2 Å². The van der Waals surface area contributed by atoms with Crippen molar-refractivity contribution in [1.29, 1.82) is 0 Å². The van der Waals surface area contributed by atoms with Crippen LogP contribution in [0.5, 0.6) is 0 Å². The monoisotopic (exact) mass is 426 g/mol. The van der Waals surface area contributed by atoms with Crippen LogP contribution in [0.3, 0.4) is 0 Å². The molecule has 0 aliphatic heterocycles. The Bertz CT molecular complexity index is 1170. The summed E-state index contributed by atoms with van der Waals surface area (Å²) in [7, 11) is -2.90. The Balaban J connectivity index is 1.44. The van der Waals surface area contributed by atoms with E-state index >= 15 is 0 Å². The number of pyridine rings is 2. The molecule has 158 valence electrons. The van der Waals surface area contributed by atoms with E-state index in [2.05, 4.69) is 33.5 Å². The number of hydrogen-bond donors (Lipinski definition) is 4. The molecule has 0 radical (unpaired) electrons. The Morgan fingerprint density at radius 1 is 0.531 bits per heavy atom. The third-order valence-corrected chi connectivity index (χ3v) is 5.37. The van der Waals surface area contributed by atoms with Crippen molar-refractivity contribution in [1.82, 2.24) is 0 Å². The summed E-state index contributed by atoms with van der Waals surface area (Å²) in [6, 6.07) is 22.7. The van der Waals surface area contributed by atoms with Gasteiger partial charge in [-0.15, -0.1) is 0 Å². The highest BCUT2D eigenvalue weighted by atomic mass is 16.4. The Morgan fingerprint density at radius 2 is 1.03 bits per heavy atom. The Morgan fingerprint density at radius 3 is 1.53 bits per heavy atom. The van der Waals surface area contributed by atoms with Gasteiger partial charge < -0.3 is 20.1 Å². The van der Waals surface area contributed by atoms with Crippen molar-refractivity contribution >= 4 is 25.2 Å². The fraction of sp³-hybridized carbons (Fsp3) is 0.0833. The molecule has 0 aliphatic carbocycles. The van der Waals surface area contributed by atoms with E-state index in [0.717, 1.165) is 22.3 Å². The van der Waals surface area contributed by atoms with Gasteiger partial charge in [-0.3, -0.25) is 0 Å². The zero-order valence-electron chi connectivity index (χ0n) is 17.5. The minimum atomic E-state index is -1.45. The first-order chi connectivity index (χ1) is 15.5. The lowest BCUT2D eigenvalue weighted by Crippen LogP contribution is -2.35. The molecule has 4 N–H and O–H groups in total. The van der Waals surface area contributed by atoms with Crippen molar-refractivity contribution in [2.75, 3.05) is 0 Å². The second kappa shape index (κ2) is 9.89. The van der Waals surface area contributed by atoms with Crippen LogP contribution in [0, 0.1) is 0 Å². The second-order valence-corrected chi connectivity index (χ2v) is 7.75. The molecule has 0 spiro atoms. The summed E-state index contributed by atoms with van der Waals surface area (Å²) in [5.41, 5.74) is 5.31. The SMILES string of the molecule is OB(O)c1ccc(C[n+]2ccc(-c3ccc[n+](Cc4ccc(B(O)O)cc4)c3)cc2)cc1. The maximum Gasteiger partial charge on any atom is 0.488 e. The molecule has 0 unspecified atom stereocenters. The summed E-state index contributed by atoms with van der Waals surface area (Å²) in [5, 5.41) is 36.9. The first-order valence-corrected chi connectivity index (χ1v) is 10.4. The van der Waals surface area contributed by atoms with Crippen molar-refractivity contribution in [2.24, 2.45) is 0 Å². The smallest absolute Gasteiger partial charge is 0.423 e. The molecule has 0 fully saturated rings. The highest BCUT2D eigenvalue weighted by Gasteiger charge is 2.13. The maximum atomic E-state index is 9.23. The number of nitrogens with zero attached hydrogens (tertiary/aromatic N) is 2. The van der Waals surface area contributed by atoms with Gasteiger partial charge in [0.05, 0.1) is 0 Å². The van der Waals surface area contributed by atoms with Crippen LogP contribution in [0.2, 0.25) is 0 Å². The van der Waals surface area contributed by atoms with E-state index in [0.29, 0.717) is 24.0 Å². The predicted octanol–water partition coefficient (Wildman–Crippen LogP) is -0.615. The largest absolute Gasteiger partial charge is 0.488 e. The van der Waals surface area contributed by atoms with Gasteiger partial charge in [0.25, 0.3) is 0 Å². The minimum Gasteiger partial charge on any atom is -0.423 e. The molecule has 32 heavy (non-hydrogen) atoms. The molecule has 4 rings (SSSR count). The highest BCUT2D eigenvalue weighted by Crippen LogP contribution is 2.15. The zero-order valence-corrected chi connectivity index (χ0v) is 17.5. The molecular weight excluding hydrogens is 402 g/mol. The molecule has 0 saturated carbocycles. The minimum absolute atomic E-state index is 0.479. The first-order valence-electron chi connectivity index (χ1n) is 10.4. The van der Waals surface area contributed by atoms with Crippen LogP contribution >= 0.6 is 0 Å². The quantitative estimate of drug-likeness (QED) is 0.235. The summed E-state index contributed by atoms with van der Waals surface area (Å²) in [6.45, 7) is 1.37. The summed E-state index contributed by atoms with van der Waals surface area (Å²) in [4.78, 5) is 0. The van der Waals surface area contributed by atoms with Crippen LogP contribution in [0.15, 0.2) is 97.6 Å². The van der Waals surface area contributed by atoms with E-state index in [4.69, 9.17) is 0 Å². The molecule has 2 aromatic heterocycles. The summed E-state index contributed by atoms with van der Waals surface area (Å²) in [6.07, 6.45) is 8.16. The van der Waals surface area contributed by atoms with Gasteiger partial charge in [-0.05, 0) is 22.6 Å². The van der Waals surface area contributed by atoms with Crippen molar-refractivity contribution < 1.29 is 29.2 Å². The topological polar surface area (TPSA) is 88.7 Å². The van der Waals surface area contributed by atoms with Gasteiger partial charge in [0, 0.05) is 34.9 Å². The van der Waals surface area contributed by atoms with Gasteiger partial charge in [0.2, 0.25) is 0 Å². The fourth-order valence-electron chi connectivity index (χ4n) is 3.56. The van der Waals surface area contributed by atoms with Crippen LogP contribution in [-0.2, 0) is 13.1 Å². The molecule has 2 aromatic carbocycles. The number of benzene rings is 2. The summed E-state index contributed by atoms with van der Waals surface area (Å²) in [5.74, 6) is 0. The maximum absolute atomic E-state index is 9.23. The van der Waals surface area contributed by atoms with Crippen molar-refractivity contribution in [2.45, 2.75) is 13.1 Å². The molecular formula is C24H24B2N2O4+2. The lowest BCUT2D eigenvalue weighted by molar-refractivity contribution is -0.688. The molecule has 0 amide bonds. The standard InChI is InChI=1S/C24H24B2N2O4/c29-25(30)23-7-3-19(4-8-23)16-27-14-11-21(12-15-27)22-2-1-13-28(18-22)17-20-5-9-24(10-6-20)26(31)32/h1-15,18,29-32H,16-17H2/q+2. The molecule has 4 aromatic rings. The van der Waals surface area contributed by atoms with Crippen LogP contribution in [0.4, 0.5) is 0 Å². The average Bonchev–Trinajstić information content (AvgIpc) is 2.80. The highest BCUT2D eigenvalue weighted by molar-refractivity contribution is 6.58. The van der Waals surface area contributed by atoms with Gasteiger partial charge in [-0.1, -0.05) is 48.5 Å². The van der Waals surface area contributed by atoms with Gasteiger partial charge in [-0.2, -0.15) is 0 Å². The molecule has 0 saturated heterocycles. The third-order valence-electron chi connectivity index (χ3n) is 5.37. The Labute approximate surface area is 187 Å². The van der Waals surface area contributed by atoms with Gasteiger partial charge in [0.15, 0.2) is 37.9 Å². The average molecular weight is 426 g/mol. The molecule has 2 heterocycles. The van der Waals surface area contributed by atoms with Crippen LogP contribution < -0.4 is 20.1 Å². The van der Waals surface area contributed by atoms with E-state index in [-0.39, 0.29) is 0 Å². The van der Waals surface area contributed by atoms with E-state index in [9.17, 15) is 20.1 Å². The normalized spacial score (nSPS) is 10.8. The van der Waals surface area contributed by atoms with Gasteiger partial charge in [-0.25, -0.2) is 9.13 Å². The summed E-state index contributed by atoms with van der Waals surface area (Å²) < 4.78 is 4.17. The van der Waals surface area contributed by atoms with Gasteiger partial charge in [0.1, 0.15) is 0 Å². The number of hydrogen-bond acceptors (Lipinski definition) is 4. The molecule has 0 aliphatic rings. The van der Waals surface area contributed by atoms with E-state index in [1.165, 1.54) is 0 Å². The van der Waals surface area contributed by atoms with Crippen molar-refractivity contribution in [3.63, 3.8) is 0 Å². The number of aromatic nitrogens is 2. The van der Waals surface area contributed by atoms with E-state index in [1.807, 2.05) is 48.9 Å². The van der Waals surface area contributed by atoms with Crippen LogP contribution in [0.1, 0.15) is 11.1 Å². The predicted molar refractivity (Wildman–Crippen MR) is 123 cm³/mol. The summed E-state index contributed by atoms with van der Waals surface area (Å²) >= 11 is 0. The zero-order chi connectivity index (χ0) is 22.5. The molecule has 8 heteroatoms. The fourth-order valence-corrected chi connectivity index (χ4v) is 3.56. The second-order valence-electron chi connectivity index (χ2n) is 7.75. The lowest BCUT2D eigenvalue weighted by Gasteiger charge is -2.04. The molecule has 0 bridgehead atoms. The third kappa shape index (κ3) is 5.49. The van der Waals surface area contributed by atoms with Crippen molar-refractivity contribution in [3.05, 3.63) is 109 Å². The lowest BCUT2D eigenvalue weighted by atomic mass is 9.80. The Kier molecular flexibility index (Phi) is 6.78. The molecule has 0 atom stereocenters. The van der Waals surface area contributed by atoms with E-state index in [1.54, 1.807) is 24.3 Å². The van der Waals surface area contributed by atoms with Crippen molar-refractivity contribution in [3.8, 4) is 11.1 Å². The van der Waals surface area contributed by atoms with Gasteiger partial charge >= 0.3 is 14.2 Å². The van der Waals surface area contributed by atoms with Crippen LogP contribution in [0.25, 0.3) is 11.1 Å². The first kappa shape index (κ1) is 21.9. The Hall–Kier alpha value is -3.29. The molecule has 6 nitrogen and oxygen atoms in total. The van der Waals surface area contributed by atoms with Crippen LogP contribution in [-0.4, -0.2) is 34.3 Å². The number of rotatable bonds is 7.